The van der Waals surface area contributed by atoms with E-state index in [2.05, 4.69) is 15.5 Å². The largest absolute Gasteiger partial charge is 0.339 e. The van der Waals surface area contributed by atoms with Gasteiger partial charge in [0.25, 0.3) is 0 Å². The lowest BCUT2D eigenvalue weighted by Gasteiger charge is -2.31. The Morgan fingerprint density at radius 2 is 2.06 bits per heavy atom. The van der Waals surface area contributed by atoms with Crippen LogP contribution in [0.2, 0.25) is 0 Å². The van der Waals surface area contributed by atoms with Crippen molar-refractivity contribution in [3.63, 3.8) is 0 Å². The molecular formula is C23H25FN4O4S2. The number of nitrogens with one attached hydrogen (secondary N) is 1. The number of aryl methyl sites for hydroxylation is 1. The number of nitrogens with zero attached hydrogens (tertiary/aromatic N) is 3. The Balaban J connectivity index is 1.32. The molecule has 3 aromatic rings. The number of aromatic nitrogens is 2. The van der Waals surface area contributed by atoms with Gasteiger partial charge in [-0.1, -0.05) is 17.6 Å². The quantitative estimate of drug-likeness (QED) is 0.528. The van der Waals surface area contributed by atoms with E-state index in [4.69, 9.17) is 4.52 Å². The lowest BCUT2D eigenvalue weighted by Crippen LogP contribution is -2.43. The van der Waals surface area contributed by atoms with E-state index >= 15 is 0 Å². The van der Waals surface area contributed by atoms with Crippen LogP contribution < -0.4 is 5.32 Å². The molecular weight excluding hydrogens is 479 g/mol. The third kappa shape index (κ3) is 4.51. The van der Waals surface area contributed by atoms with E-state index in [1.165, 1.54) is 33.8 Å². The Morgan fingerprint density at radius 3 is 2.79 bits per heavy atom. The number of thiophene rings is 1. The molecule has 1 saturated heterocycles. The lowest BCUT2D eigenvalue weighted by molar-refractivity contribution is -0.120. The van der Waals surface area contributed by atoms with Crippen LogP contribution in [0.3, 0.4) is 0 Å². The number of piperidine rings is 1. The van der Waals surface area contributed by atoms with Gasteiger partial charge >= 0.3 is 0 Å². The maximum Gasteiger partial charge on any atom is 0.244 e. The molecule has 1 aliphatic heterocycles. The second-order valence-corrected chi connectivity index (χ2v) is 12.0. The molecule has 5 rings (SSSR count). The Morgan fingerprint density at radius 1 is 1.24 bits per heavy atom. The highest BCUT2D eigenvalue weighted by molar-refractivity contribution is 7.89. The first-order chi connectivity index (χ1) is 16.3. The number of benzene rings is 1. The van der Waals surface area contributed by atoms with Gasteiger partial charge in [-0.2, -0.15) is 9.29 Å². The normalized spacial score (nSPS) is 19.6. The summed E-state index contributed by atoms with van der Waals surface area (Å²) in [7, 11) is -3.81. The highest BCUT2D eigenvalue weighted by atomic mass is 32.2. The second-order valence-electron chi connectivity index (χ2n) is 8.82. The fourth-order valence-electron chi connectivity index (χ4n) is 4.31. The van der Waals surface area contributed by atoms with Crippen molar-refractivity contribution in [1.29, 1.82) is 0 Å². The van der Waals surface area contributed by atoms with Crippen molar-refractivity contribution in [3.05, 3.63) is 46.9 Å². The summed E-state index contributed by atoms with van der Waals surface area (Å²) in [5, 5.41) is 6.75. The fraction of sp³-hybridized carbons (Fsp3) is 0.435. The predicted molar refractivity (Wildman–Crippen MR) is 125 cm³/mol. The van der Waals surface area contributed by atoms with Crippen LogP contribution in [0.4, 0.5) is 10.1 Å². The molecule has 1 unspecified atom stereocenters. The van der Waals surface area contributed by atoms with Gasteiger partial charge < -0.3 is 9.84 Å². The zero-order chi connectivity index (χ0) is 23.9. The highest BCUT2D eigenvalue weighted by Gasteiger charge is 2.35. The molecule has 8 nitrogen and oxygen atoms in total. The average Bonchev–Trinajstić information content (AvgIpc) is 3.40. The van der Waals surface area contributed by atoms with Crippen LogP contribution in [0, 0.1) is 18.7 Å². The van der Waals surface area contributed by atoms with E-state index in [1.54, 1.807) is 19.1 Å². The van der Waals surface area contributed by atoms with Crippen LogP contribution in [0.15, 0.2) is 39.8 Å². The van der Waals surface area contributed by atoms with Gasteiger partial charge in [-0.3, -0.25) is 4.79 Å². The van der Waals surface area contributed by atoms with Crippen molar-refractivity contribution in [2.45, 2.75) is 49.8 Å². The summed E-state index contributed by atoms with van der Waals surface area (Å²) in [4.78, 5) is 18.7. The first-order valence-corrected chi connectivity index (χ1v) is 13.6. The maximum atomic E-state index is 13.5. The zero-order valence-electron chi connectivity index (χ0n) is 18.7. The summed E-state index contributed by atoms with van der Waals surface area (Å²) in [5.74, 6) is 0.0310. The topological polar surface area (TPSA) is 105 Å². The van der Waals surface area contributed by atoms with Gasteiger partial charge in [-0.25, -0.2) is 12.8 Å². The van der Waals surface area contributed by atoms with Gasteiger partial charge in [0.1, 0.15) is 5.82 Å². The minimum absolute atomic E-state index is 0.0716. The summed E-state index contributed by atoms with van der Waals surface area (Å²) in [6.07, 6.45) is 4.35. The summed E-state index contributed by atoms with van der Waals surface area (Å²) in [6, 6.07) is 7.24. The summed E-state index contributed by atoms with van der Waals surface area (Å²) in [6.45, 7) is 2.17. The number of hydrogen-bond acceptors (Lipinski definition) is 7. The predicted octanol–water partition coefficient (Wildman–Crippen LogP) is 4.55. The molecule has 3 heterocycles. The number of carbonyl (C=O) groups excluding carboxylic acids is 1. The van der Waals surface area contributed by atoms with Gasteiger partial charge in [0.05, 0.1) is 15.7 Å². The highest BCUT2D eigenvalue weighted by Crippen LogP contribution is 2.38. The average molecular weight is 505 g/mol. The molecule has 0 spiro atoms. The summed E-state index contributed by atoms with van der Waals surface area (Å²) in [5.41, 5.74) is 0.352. The Kier molecular flexibility index (Phi) is 6.26. The maximum absolute atomic E-state index is 13.5. The van der Waals surface area contributed by atoms with E-state index in [-0.39, 0.29) is 17.3 Å². The number of carbonyl (C=O) groups is 1. The molecule has 1 atom stereocenters. The molecule has 1 saturated carbocycles. The third-order valence-corrected chi connectivity index (χ3v) is 9.62. The van der Waals surface area contributed by atoms with Crippen molar-refractivity contribution >= 4 is 33.0 Å². The molecule has 1 amide bonds. The second kappa shape index (κ2) is 9.20. The van der Waals surface area contributed by atoms with Crippen molar-refractivity contribution in [2.24, 2.45) is 5.92 Å². The third-order valence-electron chi connectivity index (χ3n) is 6.45. The van der Waals surface area contributed by atoms with Crippen LogP contribution in [0.5, 0.6) is 0 Å². The standard InChI is InChI=1S/C23H25FN4O4S2/c1-14-20(12-19(33-14)21-26-23(32-27-21)15-5-2-6-15)34(30,31)28-10-4-7-16(13-28)22(29)25-18-9-3-8-17(24)11-18/h3,8-9,11-12,15-16H,2,4-7,10,13H2,1H3,(H,25,29). The van der Waals surface area contributed by atoms with E-state index in [0.29, 0.717) is 52.5 Å². The number of sulfonamides is 1. The van der Waals surface area contributed by atoms with Gasteiger partial charge in [0.2, 0.25) is 27.6 Å². The molecule has 11 heteroatoms. The number of anilines is 1. The molecule has 2 fully saturated rings. The Hall–Kier alpha value is -2.63. The van der Waals surface area contributed by atoms with Gasteiger partial charge in [-0.05, 0) is 56.9 Å². The monoisotopic (exact) mass is 504 g/mol. The van der Waals surface area contributed by atoms with Crippen LogP contribution in [0.1, 0.15) is 48.8 Å². The molecule has 34 heavy (non-hydrogen) atoms. The minimum atomic E-state index is -3.81. The summed E-state index contributed by atoms with van der Waals surface area (Å²) < 4.78 is 47.1. The Bertz CT molecular complexity index is 1320. The van der Waals surface area contributed by atoms with Gasteiger partial charge in [0, 0.05) is 29.6 Å². The molecule has 0 radical (unpaired) electrons. The van der Waals surface area contributed by atoms with Crippen LogP contribution in [0.25, 0.3) is 10.7 Å². The summed E-state index contributed by atoms with van der Waals surface area (Å²) >= 11 is 1.31. The SMILES string of the molecule is Cc1sc(-c2noc(C3CCC3)n2)cc1S(=O)(=O)N1CCCC(C(=O)Nc2cccc(F)c2)C1. The van der Waals surface area contributed by atoms with Gasteiger partial charge in [-0.15, -0.1) is 11.3 Å². The smallest absolute Gasteiger partial charge is 0.244 e. The molecule has 1 aromatic carbocycles. The number of hydrogen-bond donors (Lipinski definition) is 1. The van der Waals surface area contributed by atoms with Crippen molar-refractivity contribution in [1.82, 2.24) is 14.4 Å². The molecule has 0 bridgehead atoms. The van der Waals surface area contributed by atoms with E-state index in [9.17, 15) is 17.6 Å². The Labute approximate surface area is 201 Å². The van der Waals surface area contributed by atoms with Crippen LogP contribution >= 0.6 is 11.3 Å². The number of rotatable bonds is 6. The first kappa shape index (κ1) is 23.1. The number of amides is 1. The molecule has 2 aliphatic rings. The van der Waals surface area contributed by atoms with E-state index in [1.807, 2.05) is 0 Å². The van der Waals surface area contributed by atoms with E-state index < -0.39 is 21.8 Å². The molecule has 1 N–H and O–H groups in total. The van der Waals surface area contributed by atoms with Crippen LogP contribution in [-0.4, -0.2) is 41.9 Å². The molecule has 1 aliphatic carbocycles. The van der Waals surface area contributed by atoms with Crippen LogP contribution in [-0.2, 0) is 14.8 Å². The first-order valence-electron chi connectivity index (χ1n) is 11.3. The zero-order valence-corrected chi connectivity index (χ0v) is 20.3. The minimum Gasteiger partial charge on any atom is -0.339 e. The number of halogens is 1. The fourth-order valence-corrected chi connectivity index (χ4v) is 7.32. The van der Waals surface area contributed by atoms with Gasteiger partial charge in [0.15, 0.2) is 0 Å². The van der Waals surface area contributed by atoms with E-state index in [0.717, 1.165) is 19.3 Å². The van der Waals surface area contributed by atoms with Crippen molar-refractivity contribution in [2.75, 3.05) is 18.4 Å². The van der Waals surface area contributed by atoms with Crippen molar-refractivity contribution < 1.29 is 22.1 Å². The molecule has 180 valence electrons. The van der Waals surface area contributed by atoms with Crippen molar-refractivity contribution in [3.8, 4) is 10.7 Å². The molecule has 2 aromatic heterocycles. The lowest BCUT2D eigenvalue weighted by atomic mass is 9.85.